The van der Waals surface area contributed by atoms with E-state index < -0.39 is 10.8 Å². The molecule has 4 heterocycles. The highest BCUT2D eigenvalue weighted by atomic mass is 32.2. The van der Waals surface area contributed by atoms with Gasteiger partial charge in [0, 0.05) is 59.0 Å². The van der Waals surface area contributed by atoms with E-state index in [1.807, 2.05) is 29.3 Å². The Morgan fingerprint density at radius 2 is 0.983 bits per heavy atom. The molecule has 0 saturated carbocycles. The third-order valence-corrected chi connectivity index (χ3v) is 15.8. The number of aromatic nitrogens is 2. The molecule has 2 spiro atoms. The maximum absolute atomic E-state index is 5.38. The van der Waals surface area contributed by atoms with Crippen LogP contribution in [0.25, 0.3) is 64.9 Å². The van der Waals surface area contributed by atoms with Crippen molar-refractivity contribution in [2.45, 2.75) is 20.6 Å². The van der Waals surface area contributed by atoms with E-state index in [4.69, 9.17) is 9.97 Å². The van der Waals surface area contributed by atoms with Gasteiger partial charge in [-0.05, 0) is 97.6 Å². The second-order valence-corrected chi connectivity index (χ2v) is 18.1. The lowest BCUT2D eigenvalue weighted by atomic mass is 9.66. The summed E-state index contributed by atoms with van der Waals surface area (Å²) in [6, 6.07) is 63.9. The zero-order valence-electron chi connectivity index (χ0n) is 31.0. The molecule has 0 radical (unpaired) electrons. The van der Waals surface area contributed by atoms with E-state index in [1.165, 1.54) is 102 Å². The van der Waals surface area contributed by atoms with Gasteiger partial charge in [0.1, 0.15) is 0 Å². The van der Waals surface area contributed by atoms with Gasteiger partial charge in [-0.3, -0.25) is 9.97 Å². The Kier molecular flexibility index (Phi) is 6.01. The fourth-order valence-electron chi connectivity index (χ4n) is 11.3. The number of fused-ring (bicyclic) bond motifs is 22. The standard InChI is InChI=1S/C54H30N2S2/c1-5-19-39-33(13-1)34-14-2-6-20-40(34)53(39)41-21-7-3-15-35(41)38-28-45-49(29-44(38)53)57-48-25-10-8-22-42(48)54(45)43-23-12-26-55-50(43)51-46(54)27-31(30-56-51)32-17-11-18-37-36-16-4-9-24-47(36)58-52(32)37/h1-30H. The highest BCUT2D eigenvalue weighted by molar-refractivity contribution is 7.99. The van der Waals surface area contributed by atoms with Gasteiger partial charge in [0.25, 0.3) is 0 Å². The van der Waals surface area contributed by atoms with E-state index in [1.54, 1.807) is 0 Å². The first-order valence-electron chi connectivity index (χ1n) is 19.9. The molecular formula is C54H30N2S2. The van der Waals surface area contributed by atoms with Crippen LogP contribution in [0.5, 0.6) is 0 Å². The highest BCUT2D eigenvalue weighted by Crippen LogP contribution is 2.67. The zero-order chi connectivity index (χ0) is 37.7. The van der Waals surface area contributed by atoms with E-state index in [0.29, 0.717) is 0 Å². The molecule has 2 nitrogen and oxygen atoms in total. The van der Waals surface area contributed by atoms with Crippen molar-refractivity contribution in [3.63, 3.8) is 0 Å². The number of hydrogen-bond donors (Lipinski definition) is 0. The summed E-state index contributed by atoms with van der Waals surface area (Å²) in [7, 11) is 0. The second-order valence-electron chi connectivity index (χ2n) is 15.9. The van der Waals surface area contributed by atoms with Gasteiger partial charge < -0.3 is 0 Å². The van der Waals surface area contributed by atoms with E-state index in [-0.39, 0.29) is 0 Å². The molecule has 1 atom stereocenters. The summed E-state index contributed by atoms with van der Waals surface area (Å²) >= 11 is 3.78. The number of pyridine rings is 2. The van der Waals surface area contributed by atoms with Crippen molar-refractivity contribution in [1.29, 1.82) is 0 Å². The van der Waals surface area contributed by atoms with Gasteiger partial charge in [0.05, 0.1) is 22.2 Å². The molecule has 7 aromatic carbocycles. The smallest absolute Gasteiger partial charge is 0.0937 e. The molecule has 4 heteroatoms. The number of hydrogen-bond acceptors (Lipinski definition) is 4. The largest absolute Gasteiger partial charge is 0.254 e. The lowest BCUT2D eigenvalue weighted by Gasteiger charge is -2.40. The maximum Gasteiger partial charge on any atom is 0.0937 e. The van der Waals surface area contributed by atoms with Gasteiger partial charge in [0.15, 0.2) is 0 Å². The van der Waals surface area contributed by atoms with Crippen LogP contribution in [0.1, 0.15) is 44.5 Å². The molecule has 4 aliphatic rings. The maximum atomic E-state index is 5.38. The summed E-state index contributed by atoms with van der Waals surface area (Å²) in [4.78, 5) is 13.1. The van der Waals surface area contributed by atoms with Crippen LogP contribution in [0.3, 0.4) is 0 Å². The Bertz CT molecular complexity index is 3420. The average Bonchev–Trinajstić information content (AvgIpc) is 3.99. The molecule has 0 N–H and O–H groups in total. The van der Waals surface area contributed by atoms with Crippen LogP contribution in [0, 0.1) is 0 Å². The number of nitrogens with zero attached hydrogens (tertiary/aromatic N) is 2. The van der Waals surface area contributed by atoms with Gasteiger partial charge in [-0.2, -0.15) is 0 Å². The summed E-state index contributed by atoms with van der Waals surface area (Å²) in [5.41, 5.74) is 18.9. The minimum atomic E-state index is -0.627. The molecule has 1 aliphatic heterocycles. The summed E-state index contributed by atoms with van der Waals surface area (Å²) in [5.74, 6) is 0. The first-order chi connectivity index (χ1) is 28.8. The van der Waals surface area contributed by atoms with Crippen molar-refractivity contribution in [2.75, 3.05) is 0 Å². The first-order valence-corrected chi connectivity index (χ1v) is 21.5. The summed E-state index contributed by atoms with van der Waals surface area (Å²) in [5, 5.41) is 2.60. The Labute approximate surface area is 343 Å². The van der Waals surface area contributed by atoms with Gasteiger partial charge in [-0.1, -0.05) is 145 Å². The monoisotopic (exact) mass is 770 g/mol. The Morgan fingerprint density at radius 1 is 0.379 bits per heavy atom. The minimum absolute atomic E-state index is 0.413. The predicted octanol–water partition coefficient (Wildman–Crippen LogP) is 13.7. The van der Waals surface area contributed by atoms with E-state index in [0.717, 1.165) is 17.0 Å². The van der Waals surface area contributed by atoms with Crippen LogP contribution >= 0.6 is 23.1 Å². The van der Waals surface area contributed by atoms with Crippen LogP contribution in [-0.4, -0.2) is 9.97 Å². The molecule has 0 saturated heterocycles. The fourth-order valence-corrected chi connectivity index (χ4v) is 13.8. The van der Waals surface area contributed by atoms with E-state index in [9.17, 15) is 0 Å². The summed E-state index contributed by atoms with van der Waals surface area (Å²) < 4.78 is 2.60. The van der Waals surface area contributed by atoms with Crippen LogP contribution in [0.2, 0.25) is 0 Å². The molecule has 268 valence electrons. The number of rotatable bonds is 1. The van der Waals surface area contributed by atoms with Crippen LogP contribution in [0.15, 0.2) is 192 Å². The van der Waals surface area contributed by atoms with Crippen molar-refractivity contribution in [2.24, 2.45) is 0 Å². The van der Waals surface area contributed by atoms with Crippen molar-refractivity contribution in [3.8, 4) is 44.8 Å². The molecule has 3 aromatic heterocycles. The molecular weight excluding hydrogens is 741 g/mol. The molecule has 3 aliphatic carbocycles. The SMILES string of the molecule is c1ccc2c(c1)Sc1cc3c(cc1C21c2cccnc2-c2ncc(-c4cccc5c4sc4ccccc45)cc21)-c1ccccc1C31c2ccccc2-c2ccccc21. The first kappa shape index (κ1) is 31.5. The highest BCUT2D eigenvalue weighted by Gasteiger charge is 2.55. The summed E-state index contributed by atoms with van der Waals surface area (Å²) in [6.45, 7) is 0. The normalized spacial score (nSPS) is 16.8. The van der Waals surface area contributed by atoms with Gasteiger partial charge in [0.2, 0.25) is 0 Å². The molecule has 58 heavy (non-hydrogen) atoms. The van der Waals surface area contributed by atoms with Crippen LogP contribution in [-0.2, 0) is 10.8 Å². The molecule has 10 aromatic rings. The van der Waals surface area contributed by atoms with E-state index in [2.05, 4.69) is 176 Å². The Morgan fingerprint density at radius 3 is 1.78 bits per heavy atom. The quantitative estimate of drug-likeness (QED) is 0.166. The van der Waals surface area contributed by atoms with Crippen molar-refractivity contribution >= 4 is 43.3 Å². The average molecular weight is 771 g/mol. The molecule has 0 amide bonds. The van der Waals surface area contributed by atoms with E-state index >= 15 is 0 Å². The van der Waals surface area contributed by atoms with Gasteiger partial charge >= 0.3 is 0 Å². The lowest BCUT2D eigenvalue weighted by Crippen LogP contribution is -2.33. The van der Waals surface area contributed by atoms with Gasteiger partial charge in [-0.15, -0.1) is 11.3 Å². The fraction of sp³-hybridized carbons (Fsp3) is 0.0370. The third kappa shape index (κ3) is 3.64. The molecule has 1 unspecified atom stereocenters. The van der Waals surface area contributed by atoms with Crippen LogP contribution < -0.4 is 0 Å². The van der Waals surface area contributed by atoms with Crippen LogP contribution in [0.4, 0.5) is 0 Å². The topological polar surface area (TPSA) is 25.8 Å². The second kappa shape index (κ2) is 11.1. The Balaban J connectivity index is 1.10. The van der Waals surface area contributed by atoms with Crippen molar-refractivity contribution in [3.05, 3.63) is 227 Å². The van der Waals surface area contributed by atoms with Gasteiger partial charge in [-0.25, -0.2) is 0 Å². The Hall–Kier alpha value is -6.59. The minimum Gasteiger partial charge on any atom is -0.254 e. The number of thiophene rings is 1. The molecule has 0 bridgehead atoms. The molecule has 0 fully saturated rings. The molecule has 14 rings (SSSR count). The predicted molar refractivity (Wildman–Crippen MR) is 238 cm³/mol. The third-order valence-electron chi connectivity index (χ3n) is 13.5. The zero-order valence-corrected chi connectivity index (χ0v) is 32.7. The lowest BCUT2D eigenvalue weighted by molar-refractivity contribution is 0.715. The summed E-state index contributed by atoms with van der Waals surface area (Å²) in [6.07, 6.45) is 4.01. The number of benzene rings is 7. The van der Waals surface area contributed by atoms with Crippen molar-refractivity contribution in [1.82, 2.24) is 9.97 Å². The van der Waals surface area contributed by atoms with Crippen molar-refractivity contribution < 1.29 is 0 Å².